The topological polar surface area (TPSA) is 52.0 Å². The number of hydrogen-bond donors (Lipinski definition) is 1. The highest BCUT2D eigenvalue weighted by atomic mass is 19.4. The Morgan fingerprint density at radius 1 is 1.41 bits per heavy atom. The fraction of sp³-hybridized carbons (Fsp3) is 0.778. The van der Waals surface area contributed by atoms with E-state index in [0.29, 0.717) is 5.69 Å². The van der Waals surface area contributed by atoms with Gasteiger partial charge < -0.3 is 10.1 Å². The first-order valence-corrected chi connectivity index (χ1v) is 5.31. The van der Waals surface area contributed by atoms with Crippen LogP contribution in [0.25, 0.3) is 0 Å². The van der Waals surface area contributed by atoms with Crippen LogP contribution >= 0.6 is 0 Å². The van der Waals surface area contributed by atoms with Gasteiger partial charge in [0.2, 0.25) is 5.54 Å². The van der Waals surface area contributed by atoms with Gasteiger partial charge >= 0.3 is 6.18 Å². The molecule has 0 atom stereocenters. The second-order valence-electron chi connectivity index (χ2n) is 4.47. The van der Waals surface area contributed by atoms with Gasteiger partial charge in [-0.15, -0.1) is 5.10 Å². The van der Waals surface area contributed by atoms with Gasteiger partial charge in [0.15, 0.2) is 0 Å². The number of alkyl halides is 3. The SMILES string of the molecule is FC(F)(F)C1(n2cc(C3CNC3)nn2)COC1. The van der Waals surface area contributed by atoms with Crippen molar-refractivity contribution in [2.24, 2.45) is 0 Å². The molecule has 3 heterocycles. The smallest absolute Gasteiger partial charge is 0.375 e. The number of hydrogen-bond acceptors (Lipinski definition) is 4. The minimum absolute atomic E-state index is 0.176. The van der Waals surface area contributed by atoms with E-state index in [9.17, 15) is 13.2 Å². The standard InChI is InChI=1S/C9H11F3N4O/c10-9(11,12)8(4-17-5-8)16-3-7(14-15-16)6-1-13-2-6/h3,6,13H,1-2,4-5H2. The number of rotatable bonds is 2. The summed E-state index contributed by atoms with van der Waals surface area (Å²) in [7, 11) is 0. The van der Waals surface area contributed by atoms with E-state index in [1.807, 2.05) is 0 Å². The lowest BCUT2D eigenvalue weighted by Crippen LogP contribution is -2.61. The summed E-state index contributed by atoms with van der Waals surface area (Å²) in [6, 6.07) is 0. The lowest BCUT2D eigenvalue weighted by Gasteiger charge is -2.41. The first kappa shape index (κ1) is 11.0. The van der Waals surface area contributed by atoms with Crippen molar-refractivity contribution < 1.29 is 17.9 Å². The largest absolute Gasteiger partial charge is 0.418 e. The predicted octanol–water partition coefficient (Wildman–Crippen LogP) is 0.253. The van der Waals surface area contributed by atoms with E-state index in [1.165, 1.54) is 6.20 Å². The molecule has 2 aliphatic heterocycles. The fourth-order valence-electron chi connectivity index (χ4n) is 1.89. The van der Waals surface area contributed by atoms with Crippen LogP contribution in [0.3, 0.4) is 0 Å². The third-order valence-corrected chi connectivity index (χ3v) is 3.36. The van der Waals surface area contributed by atoms with Crippen molar-refractivity contribution in [1.82, 2.24) is 20.3 Å². The molecular formula is C9H11F3N4O. The van der Waals surface area contributed by atoms with Crippen LogP contribution in [-0.4, -0.2) is 47.5 Å². The Hall–Kier alpha value is -1.15. The van der Waals surface area contributed by atoms with Crippen LogP contribution in [0.1, 0.15) is 11.6 Å². The summed E-state index contributed by atoms with van der Waals surface area (Å²) in [6.45, 7) is 0.715. The molecule has 0 aliphatic carbocycles. The third kappa shape index (κ3) is 1.47. The summed E-state index contributed by atoms with van der Waals surface area (Å²) < 4.78 is 44.5. The predicted molar refractivity (Wildman–Crippen MR) is 50.5 cm³/mol. The maximum Gasteiger partial charge on any atom is 0.418 e. The fourth-order valence-corrected chi connectivity index (χ4v) is 1.89. The van der Waals surface area contributed by atoms with Crippen molar-refractivity contribution in [2.45, 2.75) is 17.6 Å². The van der Waals surface area contributed by atoms with Crippen LogP contribution in [0.2, 0.25) is 0 Å². The lowest BCUT2D eigenvalue weighted by atomic mass is 9.96. The Balaban J connectivity index is 1.89. The van der Waals surface area contributed by atoms with Gasteiger partial charge in [0.1, 0.15) is 0 Å². The van der Waals surface area contributed by atoms with Crippen molar-refractivity contribution in [3.63, 3.8) is 0 Å². The maximum absolute atomic E-state index is 13.0. The molecule has 94 valence electrons. The van der Waals surface area contributed by atoms with Gasteiger partial charge in [-0.1, -0.05) is 5.21 Å². The van der Waals surface area contributed by atoms with Crippen LogP contribution < -0.4 is 5.32 Å². The minimum atomic E-state index is -4.37. The van der Waals surface area contributed by atoms with Crippen molar-refractivity contribution in [3.05, 3.63) is 11.9 Å². The summed E-state index contributed by atoms with van der Waals surface area (Å²) in [5.74, 6) is 0.176. The lowest BCUT2D eigenvalue weighted by molar-refractivity contribution is -0.294. The summed E-state index contributed by atoms with van der Waals surface area (Å²) in [5, 5.41) is 10.5. The zero-order valence-corrected chi connectivity index (χ0v) is 8.87. The summed E-state index contributed by atoms with van der Waals surface area (Å²) in [5.41, 5.74) is -1.41. The zero-order chi connectivity index (χ0) is 12.1. The van der Waals surface area contributed by atoms with Crippen LogP contribution in [0.4, 0.5) is 13.2 Å². The van der Waals surface area contributed by atoms with Crippen LogP contribution in [0.5, 0.6) is 0 Å². The molecule has 8 heteroatoms. The minimum Gasteiger partial charge on any atom is -0.375 e. The van der Waals surface area contributed by atoms with Gasteiger partial charge in [0.05, 0.1) is 25.1 Å². The molecule has 0 radical (unpaired) electrons. The number of aromatic nitrogens is 3. The highest BCUT2D eigenvalue weighted by molar-refractivity contribution is 5.11. The average molecular weight is 248 g/mol. The molecule has 2 saturated heterocycles. The molecule has 1 N–H and O–H groups in total. The first-order chi connectivity index (χ1) is 8.03. The molecule has 17 heavy (non-hydrogen) atoms. The third-order valence-electron chi connectivity index (χ3n) is 3.36. The molecule has 0 saturated carbocycles. The van der Waals surface area contributed by atoms with Gasteiger partial charge in [0, 0.05) is 19.0 Å². The van der Waals surface area contributed by atoms with E-state index >= 15 is 0 Å². The quantitative estimate of drug-likeness (QED) is 0.815. The van der Waals surface area contributed by atoms with Gasteiger partial charge in [0.25, 0.3) is 0 Å². The highest BCUT2D eigenvalue weighted by Crippen LogP contribution is 2.42. The summed E-state index contributed by atoms with van der Waals surface area (Å²) in [4.78, 5) is 0. The Labute approximate surface area is 94.9 Å². The average Bonchev–Trinajstić information content (AvgIpc) is 2.44. The van der Waals surface area contributed by atoms with Gasteiger partial charge in [-0.3, -0.25) is 0 Å². The van der Waals surface area contributed by atoms with Gasteiger partial charge in [-0.2, -0.15) is 13.2 Å². The van der Waals surface area contributed by atoms with Gasteiger partial charge in [-0.05, 0) is 0 Å². The monoisotopic (exact) mass is 248 g/mol. The van der Waals surface area contributed by atoms with Crippen molar-refractivity contribution in [3.8, 4) is 0 Å². The first-order valence-electron chi connectivity index (χ1n) is 5.31. The molecule has 0 unspecified atom stereocenters. The number of halogens is 3. The Morgan fingerprint density at radius 2 is 2.12 bits per heavy atom. The Kier molecular flexibility index (Phi) is 2.21. The molecule has 1 aromatic heterocycles. The van der Waals surface area contributed by atoms with E-state index in [-0.39, 0.29) is 19.1 Å². The zero-order valence-electron chi connectivity index (χ0n) is 8.87. The second kappa shape index (κ2) is 3.42. The second-order valence-corrected chi connectivity index (χ2v) is 4.47. The number of nitrogens with one attached hydrogen (secondary N) is 1. The van der Waals surface area contributed by atoms with E-state index < -0.39 is 11.7 Å². The van der Waals surface area contributed by atoms with Crippen molar-refractivity contribution >= 4 is 0 Å². The molecule has 5 nitrogen and oxygen atoms in total. The van der Waals surface area contributed by atoms with E-state index in [1.54, 1.807) is 0 Å². The molecular weight excluding hydrogens is 237 g/mol. The molecule has 2 fully saturated rings. The van der Waals surface area contributed by atoms with Crippen molar-refractivity contribution in [2.75, 3.05) is 26.3 Å². The van der Waals surface area contributed by atoms with Crippen LogP contribution in [0.15, 0.2) is 6.20 Å². The normalized spacial score (nSPS) is 24.2. The van der Waals surface area contributed by atoms with Crippen LogP contribution in [0, 0.1) is 0 Å². The number of nitrogens with zero attached hydrogens (tertiary/aromatic N) is 3. The van der Waals surface area contributed by atoms with E-state index in [4.69, 9.17) is 4.74 Å². The summed E-state index contributed by atoms with van der Waals surface area (Å²) >= 11 is 0. The van der Waals surface area contributed by atoms with E-state index in [2.05, 4.69) is 15.6 Å². The highest BCUT2D eigenvalue weighted by Gasteiger charge is 2.62. The Bertz CT molecular complexity index is 422. The van der Waals surface area contributed by atoms with Crippen LogP contribution in [-0.2, 0) is 10.3 Å². The molecule has 3 rings (SSSR count). The molecule has 0 bridgehead atoms. The van der Waals surface area contributed by atoms with E-state index in [0.717, 1.165) is 17.8 Å². The Morgan fingerprint density at radius 3 is 2.53 bits per heavy atom. The summed E-state index contributed by atoms with van der Waals surface area (Å²) in [6.07, 6.45) is -2.98. The molecule has 0 spiro atoms. The number of ether oxygens (including phenoxy) is 1. The molecule has 2 aliphatic rings. The molecule has 0 aromatic carbocycles. The van der Waals surface area contributed by atoms with Gasteiger partial charge in [-0.25, -0.2) is 4.68 Å². The van der Waals surface area contributed by atoms with Crippen molar-refractivity contribution in [1.29, 1.82) is 0 Å². The molecule has 1 aromatic rings. The maximum atomic E-state index is 13.0. The molecule has 0 amide bonds.